The van der Waals surface area contributed by atoms with E-state index in [4.69, 9.17) is 0 Å². The third-order valence-electron chi connectivity index (χ3n) is 4.14. The topological polar surface area (TPSA) is 83.0 Å². The van der Waals surface area contributed by atoms with Crippen LogP contribution in [0.1, 0.15) is 30.7 Å². The molecule has 2 aromatic heterocycles. The number of nitrogens with zero attached hydrogens (tertiary/aromatic N) is 4. The van der Waals surface area contributed by atoms with Crippen LogP contribution in [0.5, 0.6) is 0 Å². The lowest BCUT2D eigenvalue weighted by Gasteiger charge is -2.32. The number of piperidine rings is 1. The van der Waals surface area contributed by atoms with Gasteiger partial charge in [0.15, 0.2) is 0 Å². The maximum absolute atomic E-state index is 12.3. The van der Waals surface area contributed by atoms with Crippen LogP contribution in [0, 0.1) is 0 Å². The molecule has 24 heavy (non-hydrogen) atoms. The minimum absolute atomic E-state index is 0.0105. The lowest BCUT2D eigenvalue weighted by Crippen LogP contribution is -2.47. The highest BCUT2D eigenvalue weighted by Gasteiger charge is 2.23. The largest absolute Gasteiger partial charge is 0.366 e. The highest BCUT2D eigenvalue weighted by molar-refractivity contribution is 7.09. The summed E-state index contributed by atoms with van der Waals surface area (Å²) in [5.74, 6) is 1.03. The number of nitrogens with one attached hydrogen (secondary N) is 2. The zero-order valence-electron chi connectivity index (χ0n) is 13.7. The van der Waals surface area contributed by atoms with Crippen LogP contribution in [-0.4, -0.2) is 51.8 Å². The van der Waals surface area contributed by atoms with Crippen molar-refractivity contribution in [3.05, 3.63) is 34.9 Å². The van der Waals surface area contributed by atoms with Crippen LogP contribution in [0.25, 0.3) is 0 Å². The normalized spacial score (nSPS) is 16.6. The standard InChI is InChI=1S/C16H22N6OS/c1-12(15-17-7-10-24-15)11-18-16(23)22-8-4-13(5-9-22)20-14-3-2-6-19-21-14/h2-3,6-7,10,12-13H,4-5,8-9,11H2,1H3,(H,18,23)(H,20,21)/t12-/m1/s1. The molecular formula is C16H22N6OS. The molecule has 7 nitrogen and oxygen atoms in total. The zero-order chi connectivity index (χ0) is 16.8. The van der Waals surface area contributed by atoms with Gasteiger partial charge in [-0.05, 0) is 25.0 Å². The smallest absolute Gasteiger partial charge is 0.317 e. The van der Waals surface area contributed by atoms with Gasteiger partial charge in [0.25, 0.3) is 0 Å². The molecule has 3 rings (SSSR count). The monoisotopic (exact) mass is 346 g/mol. The fourth-order valence-electron chi connectivity index (χ4n) is 2.73. The molecule has 1 saturated heterocycles. The summed E-state index contributed by atoms with van der Waals surface area (Å²) in [6, 6.07) is 4.12. The Morgan fingerprint density at radius 1 is 1.42 bits per heavy atom. The number of rotatable bonds is 5. The summed E-state index contributed by atoms with van der Waals surface area (Å²) in [5.41, 5.74) is 0. The van der Waals surface area contributed by atoms with Crippen molar-refractivity contribution < 1.29 is 4.79 Å². The Labute approximate surface area is 145 Å². The van der Waals surface area contributed by atoms with Gasteiger partial charge in [-0.2, -0.15) is 5.10 Å². The quantitative estimate of drug-likeness (QED) is 0.868. The van der Waals surface area contributed by atoms with Gasteiger partial charge in [-0.3, -0.25) is 0 Å². The number of hydrogen-bond donors (Lipinski definition) is 2. The van der Waals surface area contributed by atoms with Crippen LogP contribution in [0.4, 0.5) is 10.6 Å². The van der Waals surface area contributed by atoms with E-state index >= 15 is 0 Å². The van der Waals surface area contributed by atoms with Crippen LogP contribution >= 0.6 is 11.3 Å². The second-order valence-corrected chi connectivity index (χ2v) is 6.90. The molecule has 2 aromatic rings. The van der Waals surface area contributed by atoms with Gasteiger partial charge < -0.3 is 15.5 Å². The number of anilines is 1. The van der Waals surface area contributed by atoms with Crippen LogP contribution in [-0.2, 0) is 0 Å². The Hall–Kier alpha value is -2.22. The van der Waals surface area contributed by atoms with Crippen molar-refractivity contribution >= 4 is 23.2 Å². The molecule has 1 aliphatic heterocycles. The van der Waals surface area contributed by atoms with E-state index in [0.717, 1.165) is 36.8 Å². The van der Waals surface area contributed by atoms with Crippen LogP contribution in [0.15, 0.2) is 29.9 Å². The summed E-state index contributed by atoms with van der Waals surface area (Å²) in [6.45, 7) is 4.19. The first-order valence-corrected chi connectivity index (χ1v) is 9.06. The molecule has 8 heteroatoms. The van der Waals surface area contributed by atoms with Gasteiger partial charge in [0.1, 0.15) is 5.82 Å². The lowest BCUT2D eigenvalue weighted by molar-refractivity contribution is 0.183. The molecule has 1 atom stereocenters. The molecule has 2 N–H and O–H groups in total. The Bertz CT molecular complexity index is 627. The number of carbonyl (C=O) groups is 1. The molecule has 3 heterocycles. The van der Waals surface area contributed by atoms with E-state index in [9.17, 15) is 4.79 Å². The molecule has 1 fully saturated rings. The number of thiazole rings is 1. The van der Waals surface area contributed by atoms with Crippen LogP contribution in [0.2, 0.25) is 0 Å². The number of hydrogen-bond acceptors (Lipinski definition) is 6. The number of likely N-dealkylation sites (tertiary alicyclic amines) is 1. The van der Waals surface area contributed by atoms with Crippen LogP contribution in [0.3, 0.4) is 0 Å². The first kappa shape index (κ1) is 16.6. The second-order valence-electron chi connectivity index (χ2n) is 5.97. The fraction of sp³-hybridized carbons (Fsp3) is 0.500. The summed E-state index contributed by atoms with van der Waals surface area (Å²) in [4.78, 5) is 18.5. The van der Waals surface area contributed by atoms with Gasteiger partial charge in [0, 0.05) is 49.4 Å². The maximum atomic E-state index is 12.3. The molecule has 0 bridgehead atoms. The van der Waals surface area contributed by atoms with Crippen LogP contribution < -0.4 is 10.6 Å². The molecule has 0 radical (unpaired) electrons. The number of urea groups is 1. The average molecular weight is 346 g/mol. The Kier molecular flexibility index (Phi) is 5.58. The van der Waals surface area contributed by atoms with Crippen molar-refractivity contribution in [1.82, 2.24) is 25.4 Å². The van der Waals surface area contributed by atoms with Gasteiger partial charge in [-0.1, -0.05) is 6.92 Å². The average Bonchev–Trinajstić information content (AvgIpc) is 3.16. The van der Waals surface area contributed by atoms with E-state index in [0.29, 0.717) is 12.6 Å². The second kappa shape index (κ2) is 8.05. The van der Waals surface area contributed by atoms with E-state index in [2.05, 4.69) is 32.7 Å². The molecule has 128 valence electrons. The van der Waals surface area contributed by atoms with Gasteiger partial charge in [-0.25, -0.2) is 9.78 Å². The fourth-order valence-corrected chi connectivity index (χ4v) is 3.43. The summed E-state index contributed by atoms with van der Waals surface area (Å²) in [6.07, 6.45) is 5.27. The summed E-state index contributed by atoms with van der Waals surface area (Å²) in [5, 5.41) is 17.3. The van der Waals surface area contributed by atoms with Crippen molar-refractivity contribution in [2.24, 2.45) is 0 Å². The van der Waals surface area contributed by atoms with Crippen molar-refractivity contribution in [1.29, 1.82) is 0 Å². The molecule has 1 aliphatic rings. The van der Waals surface area contributed by atoms with Crippen molar-refractivity contribution in [3.63, 3.8) is 0 Å². The van der Waals surface area contributed by atoms with E-state index in [1.54, 1.807) is 23.7 Å². The van der Waals surface area contributed by atoms with E-state index in [1.807, 2.05) is 22.4 Å². The van der Waals surface area contributed by atoms with Gasteiger partial charge >= 0.3 is 6.03 Å². The van der Waals surface area contributed by atoms with Crippen molar-refractivity contribution in [2.75, 3.05) is 25.0 Å². The Balaban J connectivity index is 1.40. The van der Waals surface area contributed by atoms with Gasteiger partial charge in [0.2, 0.25) is 0 Å². The highest BCUT2D eigenvalue weighted by Crippen LogP contribution is 2.17. The molecule has 0 spiro atoms. The Morgan fingerprint density at radius 2 is 2.25 bits per heavy atom. The van der Waals surface area contributed by atoms with Crippen molar-refractivity contribution in [3.8, 4) is 0 Å². The molecule has 0 aliphatic carbocycles. The van der Waals surface area contributed by atoms with Gasteiger partial charge in [0.05, 0.1) is 5.01 Å². The summed E-state index contributed by atoms with van der Waals surface area (Å²) >= 11 is 1.62. The van der Waals surface area contributed by atoms with E-state index in [-0.39, 0.29) is 11.9 Å². The van der Waals surface area contributed by atoms with Gasteiger partial charge in [-0.15, -0.1) is 16.4 Å². The minimum Gasteiger partial charge on any atom is -0.366 e. The SMILES string of the molecule is C[C@H](CNC(=O)N1CCC(Nc2cccnn2)CC1)c1nccs1. The lowest BCUT2D eigenvalue weighted by atomic mass is 10.1. The molecule has 0 aromatic carbocycles. The molecule has 0 unspecified atom stereocenters. The number of aromatic nitrogens is 3. The molecule has 0 saturated carbocycles. The first-order valence-electron chi connectivity index (χ1n) is 8.19. The Morgan fingerprint density at radius 3 is 2.92 bits per heavy atom. The third-order valence-corrected chi connectivity index (χ3v) is 5.15. The predicted molar refractivity (Wildman–Crippen MR) is 94.2 cm³/mol. The number of amides is 2. The predicted octanol–water partition coefficient (Wildman–Crippen LogP) is 2.32. The third kappa shape index (κ3) is 4.41. The van der Waals surface area contributed by atoms with Crippen molar-refractivity contribution in [2.45, 2.75) is 31.7 Å². The summed E-state index contributed by atoms with van der Waals surface area (Å²) < 4.78 is 0. The number of carbonyl (C=O) groups excluding carboxylic acids is 1. The van der Waals surface area contributed by atoms with E-state index in [1.165, 1.54) is 0 Å². The maximum Gasteiger partial charge on any atom is 0.317 e. The van der Waals surface area contributed by atoms with E-state index < -0.39 is 0 Å². The zero-order valence-corrected chi connectivity index (χ0v) is 14.5. The first-order chi connectivity index (χ1) is 11.7. The molecular weight excluding hydrogens is 324 g/mol. The highest BCUT2D eigenvalue weighted by atomic mass is 32.1. The molecule has 2 amide bonds. The minimum atomic E-state index is 0.0105. The summed E-state index contributed by atoms with van der Waals surface area (Å²) in [7, 11) is 0.